The summed E-state index contributed by atoms with van der Waals surface area (Å²) in [7, 11) is 1.83. The summed E-state index contributed by atoms with van der Waals surface area (Å²) in [5.41, 5.74) is 2.67. The minimum Gasteiger partial charge on any atom is -0.467 e. The number of ether oxygens (including phenoxy) is 2. The first-order chi connectivity index (χ1) is 17.5. The maximum atomic E-state index is 13.4. The second-order valence-electron chi connectivity index (χ2n) is 8.66. The second-order valence-corrected chi connectivity index (χ2v) is 8.66. The molecule has 0 unspecified atom stereocenters. The number of halogens is 1. The number of aromatic nitrogens is 2. The van der Waals surface area contributed by atoms with E-state index in [-0.39, 0.29) is 12.4 Å². The molecule has 7 nitrogen and oxygen atoms in total. The predicted octanol–water partition coefficient (Wildman–Crippen LogP) is 5.40. The van der Waals surface area contributed by atoms with E-state index < -0.39 is 6.10 Å². The average molecular weight is 494 g/mol. The first-order valence-corrected chi connectivity index (χ1v) is 12.1. The van der Waals surface area contributed by atoms with E-state index in [2.05, 4.69) is 11.8 Å². The summed E-state index contributed by atoms with van der Waals surface area (Å²) in [5.74, 6) is 1.49. The topological polar surface area (TPSA) is 72.9 Å². The van der Waals surface area contributed by atoms with E-state index >= 15 is 0 Å². The molecule has 1 N–H and O–H groups in total. The van der Waals surface area contributed by atoms with Gasteiger partial charge in [0, 0.05) is 25.7 Å². The molecule has 0 radical (unpaired) electrons. The normalized spacial score (nSPS) is 12.2. The van der Waals surface area contributed by atoms with Gasteiger partial charge in [-0.15, -0.1) is 0 Å². The van der Waals surface area contributed by atoms with Crippen LogP contribution in [0.4, 0.5) is 4.39 Å². The van der Waals surface area contributed by atoms with Gasteiger partial charge in [0.2, 0.25) is 5.88 Å². The third kappa shape index (κ3) is 6.81. The van der Waals surface area contributed by atoms with Gasteiger partial charge < -0.3 is 19.0 Å². The number of hydrogen-bond donors (Lipinski definition) is 1. The zero-order chi connectivity index (χ0) is 25.3. The van der Waals surface area contributed by atoms with Crippen LogP contribution < -0.4 is 4.74 Å². The largest absolute Gasteiger partial charge is 0.467 e. The number of aliphatic hydroxyl groups excluding tert-OH is 1. The van der Waals surface area contributed by atoms with Crippen LogP contribution in [-0.4, -0.2) is 45.6 Å². The highest BCUT2D eigenvalue weighted by Crippen LogP contribution is 2.34. The number of nitrogens with zero attached hydrogens (tertiary/aromatic N) is 3. The number of aliphatic hydroxyl groups is 1. The lowest BCUT2D eigenvalue weighted by molar-refractivity contribution is 0.00381. The highest BCUT2D eigenvalue weighted by atomic mass is 19.1. The van der Waals surface area contributed by atoms with Gasteiger partial charge in [0.05, 0.1) is 24.5 Å². The molecule has 0 saturated heterocycles. The molecule has 4 aromatic rings. The maximum absolute atomic E-state index is 13.4. The van der Waals surface area contributed by atoms with Crippen LogP contribution in [0.1, 0.15) is 24.7 Å². The van der Waals surface area contributed by atoms with Crippen molar-refractivity contribution in [3.05, 3.63) is 90.1 Å². The maximum Gasteiger partial charge on any atom is 0.222 e. The predicted molar refractivity (Wildman–Crippen MR) is 135 cm³/mol. The number of aryl methyl sites for hydroxylation is 1. The van der Waals surface area contributed by atoms with Crippen LogP contribution >= 0.6 is 0 Å². The molecule has 0 fully saturated rings. The Labute approximate surface area is 210 Å². The number of furan rings is 1. The summed E-state index contributed by atoms with van der Waals surface area (Å²) in [5, 5.41) is 15.4. The van der Waals surface area contributed by atoms with Crippen LogP contribution in [0.15, 0.2) is 77.4 Å². The van der Waals surface area contributed by atoms with Crippen molar-refractivity contribution in [2.75, 3.05) is 19.7 Å². The van der Waals surface area contributed by atoms with E-state index in [1.54, 1.807) is 23.1 Å². The third-order valence-electron chi connectivity index (χ3n) is 5.69. The first-order valence-electron chi connectivity index (χ1n) is 12.1. The monoisotopic (exact) mass is 493 g/mol. The van der Waals surface area contributed by atoms with Crippen molar-refractivity contribution in [1.29, 1.82) is 0 Å². The Morgan fingerprint density at radius 2 is 1.86 bits per heavy atom. The van der Waals surface area contributed by atoms with Crippen molar-refractivity contribution in [2.24, 2.45) is 7.05 Å². The van der Waals surface area contributed by atoms with Crippen molar-refractivity contribution in [3.8, 4) is 22.9 Å². The van der Waals surface area contributed by atoms with E-state index in [4.69, 9.17) is 19.0 Å². The summed E-state index contributed by atoms with van der Waals surface area (Å²) < 4.78 is 32.3. The van der Waals surface area contributed by atoms with Crippen molar-refractivity contribution in [1.82, 2.24) is 14.7 Å². The van der Waals surface area contributed by atoms with Gasteiger partial charge in [0.1, 0.15) is 29.6 Å². The van der Waals surface area contributed by atoms with Crippen LogP contribution in [0.5, 0.6) is 11.6 Å². The minimum atomic E-state index is -0.676. The average Bonchev–Trinajstić information content (AvgIpc) is 3.50. The summed E-state index contributed by atoms with van der Waals surface area (Å²) in [6.45, 7) is 4.31. The van der Waals surface area contributed by atoms with E-state index in [0.29, 0.717) is 31.3 Å². The quantitative estimate of drug-likeness (QED) is 0.269. The zero-order valence-electron chi connectivity index (χ0n) is 20.6. The highest BCUT2D eigenvalue weighted by Gasteiger charge is 2.23. The SMILES string of the molecule is CCCN(Cc1c(-c2ccccc2)nn(C)c1Oc1ccc(F)cc1)C[C@H](O)COCc1ccco1. The lowest BCUT2D eigenvalue weighted by Gasteiger charge is -2.25. The molecule has 2 aromatic heterocycles. The van der Waals surface area contributed by atoms with Crippen molar-refractivity contribution in [2.45, 2.75) is 32.6 Å². The first kappa shape index (κ1) is 25.6. The van der Waals surface area contributed by atoms with E-state index in [9.17, 15) is 9.50 Å². The molecule has 190 valence electrons. The Balaban J connectivity index is 1.54. The zero-order valence-corrected chi connectivity index (χ0v) is 20.6. The van der Waals surface area contributed by atoms with Crippen LogP contribution in [0.3, 0.4) is 0 Å². The third-order valence-corrected chi connectivity index (χ3v) is 5.69. The molecule has 0 aliphatic rings. The van der Waals surface area contributed by atoms with Crippen LogP contribution in [0.2, 0.25) is 0 Å². The van der Waals surface area contributed by atoms with Crippen molar-refractivity contribution < 1.29 is 23.4 Å². The smallest absolute Gasteiger partial charge is 0.222 e. The molecule has 0 saturated carbocycles. The van der Waals surface area contributed by atoms with E-state index in [1.165, 1.54) is 12.1 Å². The lowest BCUT2D eigenvalue weighted by atomic mass is 10.1. The summed E-state index contributed by atoms with van der Waals surface area (Å²) in [6, 6.07) is 19.5. The Kier molecular flexibility index (Phi) is 8.89. The molecule has 0 amide bonds. The standard InChI is InChI=1S/C28H32FN3O4/c1-3-15-32(17-23(33)19-34-20-25-10-7-16-35-25)18-26-27(21-8-5-4-6-9-21)30-31(2)28(26)36-24-13-11-22(29)12-14-24/h4-14,16,23,33H,3,15,17-20H2,1-2H3/t23-/m0/s1. The molecular formula is C28H32FN3O4. The summed E-state index contributed by atoms with van der Waals surface area (Å²) in [6.07, 6.45) is 1.83. The van der Waals surface area contributed by atoms with Crippen molar-refractivity contribution >= 4 is 0 Å². The fraction of sp³-hybridized carbons (Fsp3) is 0.321. The lowest BCUT2D eigenvalue weighted by Crippen LogP contribution is -2.35. The second kappa shape index (κ2) is 12.5. The summed E-state index contributed by atoms with van der Waals surface area (Å²) in [4.78, 5) is 2.17. The molecule has 0 aliphatic carbocycles. The number of benzene rings is 2. The number of rotatable bonds is 13. The van der Waals surface area contributed by atoms with Gasteiger partial charge in [0.25, 0.3) is 0 Å². The van der Waals surface area contributed by atoms with Crippen LogP contribution in [-0.2, 0) is 24.9 Å². The van der Waals surface area contributed by atoms with Gasteiger partial charge in [-0.1, -0.05) is 37.3 Å². The highest BCUT2D eigenvalue weighted by molar-refractivity contribution is 5.65. The molecular weight excluding hydrogens is 461 g/mol. The molecule has 4 rings (SSSR count). The Hall–Kier alpha value is -3.46. The van der Waals surface area contributed by atoms with E-state index in [1.807, 2.05) is 49.5 Å². The Morgan fingerprint density at radius 1 is 1.08 bits per heavy atom. The molecule has 0 aliphatic heterocycles. The molecule has 36 heavy (non-hydrogen) atoms. The molecule has 0 bridgehead atoms. The van der Waals surface area contributed by atoms with Gasteiger partial charge in [-0.3, -0.25) is 4.90 Å². The van der Waals surface area contributed by atoms with Gasteiger partial charge in [0.15, 0.2) is 0 Å². The van der Waals surface area contributed by atoms with Crippen LogP contribution in [0, 0.1) is 5.82 Å². The van der Waals surface area contributed by atoms with Gasteiger partial charge >= 0.3 is 0 Å². The fourth-order valence-corrected chi connectivity index (χ4v) is 4.08. The van der Waals surface area contributed by atoms with E-state index in [0.717, 1.165) is 35.5 Å². The summed E-state index contributed by atoms with van der Waals surface area (Å²) >= 11 is 0. The van der Waals surface area contributed by atoms with Crippen LogP contribution in [0.25, 0.3) is 11.3 Å². The van der Waals surface area contributed by atoms with Crippen molar-refractivity contribution in [3.63, 3.8) is 0 Å². The number of hydrogen-bond acceptors (Lipinski definition) is 6. The molecule has 8 heteroatoms. The van der Waals surface area contributed by atoms with Gasteiger partial charge in [-0.05, 0) is 49.4 Å². The Morgan fingerprint density at radius 3 is 2.56 bits per heavy atom. The van der Waals surface area contributed by atoms with Gasteiger partial charge in [-0.2, -0.15) is 5.10 Å². The fourth-order valence-electron chi connectivity index (χ4n) is 4.08. The molecule has 2 aromatic carbocycles. The molecule has 0 spiro atoms. The minimum absolute atomic E-state index is 0.193. The molecule has 1 atom stereocenters. The molecule has 2 heterocycles. The van der Waals surface area contributed by atoms with Gasteiger partial charge in [-0.25, -0.2) is 9.07 Å². The Bertz CT molecular complexity index is 1190.